The van der Waals surface area contributed by atoms with Crippen molar-refractivity contribution in [2.75, 3.05) is 60.5 Å². The Labute approximate surface area is 231 Å². The maximum absolute atomic E-state index is 13.0. The maximum atomic E-state index is 13.0. The third-order valence-electron chi connectivity index (χ3n) is 5.42. The Kier molecular flexibility index (Phi) is 18.1. The Hall–Kier alpha value is -1.46. The van der Waals surface area contributed by atoms with E-state index in [2.05, 4.69) is 0 Å². The summed E-state index contributed by atoms with van der Waals surface area (Å²) in [5.74, 6) is -9.48. The van der Waals surface area contributed by atoms with E-state index in [0.717, 1.165) is 4.90 Å². The monoisotopic (exact) mass is 571 g/mol. The molecule has 0 bridgehead atoms. The minimum absolute atomic E-state index is 0.0197. The second-order valence-corrected chi connectivity index (χ2v) is 7.75. The predicted octanol–water partition coefficient (Wildman–Crippen LogP) is 2.44. The van der Waals surface area contributed by atoms with Crippen molar-refractivity contribution in [2.24, 2.45) is 0 Å². The highest BCUT2D eigenvalue weighted by Crippen LogP contribution is 2.46. The fraction of sp³-hybridized carbons (Fsp3) is 0.920. The van der Waals surface area contributed by atoms with Crippen LogP contribution in [-0.2, 0) is 52.2 Å². The minimum Gasteiger partial charge on any atom is -0.481 e. The molecule has 0 aliphatic heterocycles. The molecule has 0 aromatic rings. The first-order valence-electron chi connectivity index (χ1n) is 13.3. The summed E-state index contributed by atoms with van der Waals surface area (Å²) in [6, 6.07) is -1.70. The topological polar surface area (TPSA) is 161 Å². The van der Waals surface area contributed by atoms with E-state index in [1.165, 1.54) is 14.2 Å². The van der Waals surface area contributed by atoms with E-state index in [4.69, 9.17) is 42.6 Å². The van der Waals surface area contributed by atoms with Gasteiger partial charge < -0.3 is 52.8 Å². The zero-order valence-electron chi connectivity index (χ0n) is 24.9. The van der Waals surface area contributed by atoms with Crippen molar-refractivity contribution in [1.29, 1.82) is 0 Å². The number of ether oxygens (including phenoxy) is 9. The zero-order valence-corrected chi connectivity index (χ0v) is 24.9. The summed E-state index contributed by atoms with van der Waals surface area (Å²) in [7, 11) is 2.61. The van der Waals surface area contributed by atoms with Crippen LogP contribution in [-0.4, -0.2) is 118 Å². The van der Waals surface area contributed by atoms with Gasteiger partial charge in [-0.3, -0.25) is 9.59 Å². The van der Waals surface area contributed by atoms with Crippen molar-refractivity contribution in [3.63, 3.8) is 0 Å². The fourth-order valence-electron chi connectivity index (χ4n) is 4.32. The molecule has 2 atom stereocenters. The molecule has 2 N–H and O–H groups in total. The highest BCUT2D eigenvalue weighted by atomic mass is 16.9. The van der Waals surface area contributed by atoms with Gasteiger partial charge in [0.1, 0.15) is 6.04 Å². The van der Waals surface area contributed by atoms with Gasteiger partial charge >= 0.3 is 23.8 Å². The van der Waals surface area contributed by atoms with E-state index in [1.54, 1.807) is 48.5 Å². The minimum atomic E-state index is -2.38. The van der Waals surface area contributed by atoms with E-state index in [1.807, 2.05) is 0 Å². The molecule has 0 rings (SSSR count). The molecule has 0 saturated carbocycles. The van der Waals surface area contributed by atoms with Gasteiger partial charge in [0, 0.05) is 66.9 Å². The molecule has 0 aliphatic carbocycles. The molecule has 0 aromatic heterocycles. The van der Waals surface area contributed by atoms with Gasteiger partial charge in [0.15, 0.2) is 0 Å². The van der Waals surface area contributed by atoms with Crippen molar-refractivity contribution in [3.05, 3.63) is 0 Å². The van der Waals surface area contributed by atoms with Crippen LogP contribution in [0.25, 0.3) is 0 Å². The smallest absolute Gasteiger partial charge is 0.357 e. The van der Waals surface area contributed by atoms with E-state index < -0.39 is 54.9 Å². The summed E-state index contributed by atoms with van der Waals surface area (Å²) < 4.78 is 54.2. The summed E-state index contributed by atoms with van der Waals surface area (Å²) in [6.45, 7) is 11.7. The number of methoxy groups -OCH3 is 2. The first kappa shape index (κ1) is 37.5. The fourth-order valence-corrected chi connectivity index (χ4v) is 4.32. The number of carbonyl (C=O) groups is 2. The highest BCUT2D eigenvalue weighted by Gasteiger charge is 2.71. The van der Waals surface area contributed by atoms with Gasteiger partial charge in [0.05, 0.1) is 0 Å². The quantitative estimate of drug-likeness (QED) is 0.154. The second kappa shape index (κ2) is 18.8. The van der Waals surface area contributed by atoms with Gasteiger partial charge in [-0.15, -0.1) is 0 Å². The number of carboxylic acid groups (broad SMARTS) is 2. The van der Waals surface area contributed by atoms with Crippen LogP contribution in [0, 0.1) is 0 Å². The third kappa shape index (κ3) is 8.76. The van der Waals surface area contributed by atoms with E-state index in [9.17, 15) is 19.8 Å². The summed E-state index contributed by atoms with van der Waals surface area (Å²) in [5.41, 5.74) is 0. The Morgan fingerprint density at radius 2 is 1.18 bits per heavy atom. The van der Waals surface area contributed by atoms with Crippen LogP contribution >= 0.6 is 0 Å². The number of rotatable bonds is 25. The lowest BCUT2D eigenvalue weighted by molar-refractivity contribution is -0.566. The summed E-state index contributed by atoms with van der Waals surface area (Å²) in [5, 5.41) is 20.1. The maximum Gasteiger partial charge on any atom is 0.357 e. The van der Waals surface area contributed by atoms with Crippen LogP contribution in [0.1, 0.15) is 61.3 Å². The molecule has 14 heteroatoms. The number of carboxylic acids is 2. The molecule has 232 valence electrons. The Morgan fingerprint density at radius 3 is 1.49 bits per heavy atom. The van der Waals surface area contributed by atoms with Crippen molar-refractivity contribution in [1.82, 2.24) is 4.90 Å². The molecule has 0 aromatic carbocycles. The Morgan fingerprint density at radius 1 is 0.718 bits per heavy atom. The summed E-state index contributed by atoms with van der Waals surface area (Å²) in [6.07, 6.45) is -2.37. The van der Waals surface area contributed by atoms with Crippen LogP contribution in [0.4, 0.5) is 0 Å². The van der Waals surface area contributed by atoms with Crippen molar-refractivity contribution >= 4 is 11.9 Å². The largest absolute Gasteiger partial charge is 0.481 e. The van der Waals surface area contributed by atoms with Gasteiger partial charge in [-0.05, 0) is 54.9 Å². The Balaban J connectivity index is 8.20. The lowest BCUT2D eigenvalue weighted by Crippen LogP contribution is -2.81. The molecular formula is C25H49NO13. The average Bonchev–Trinajstić information content (AvgIpc) is 2.88. The predicted molar refractivity (Wildman–Crippen MR) is 138 cm³/mol. The molecule has 0 spiro atoms. The third-order valence-corrected chi connectivity index (χ3v) is 5.42. The molecule has 14 nitrogen and oxygen atoms in total. The van der Waals surface area contributed by atoms with Gasteiger partial charge in [0.25, 0.3) is 5.91 Å². The number of nitrogens with zero attached hydrogens (tertiary/aromatic N) is 1. The lowest BCUT2D eigenvalue weighted by atomic mass is 10.0. The molecule has 0 fully saturated rings. The first-order valence-corrected chi connectivity index (χ1v) is 13.3. The molecule has 0 aliphatic rings. The van der Waals surface area contributed by atoms with Gasteiger partial charge in [-0.2, -0.15) is 4.90 Å². The van der Waals surface area contributed by atoms with Crippen molar-refractivity contribution in [3.8, 4) is 0 Å². The van der Waals surface area contributed by atoms with Gasteiger partial charge in [-0.25, -0.2) is 0 Å². The average molecular weight is 572 g/mol. The molecule has 0 heterocycles. The number of hydrogen-bond donors (Lipinski definition) is 2. The van der Waals surface area contributed by atoms with E-state index >= 15 is 0 Å². The van der Waals surface area contributed by atoms with E-state index in [-0.39, 0.29) is 46.2 Å². The van der Waals surface area contributed by atoms with Crippen LogP contribution < -0.4 is 0 Å². The highest BCUT2D eigenvalue weighted by molar-refractivity contribution is 5.75. The molecular weight excluding hydrogens is 522 g/mol. The van der Waals surface area contributed by atoms with E-state index in [0.29, 0.717) is 0 Å². The van der Waals surface area contributed by atoms with Crippen LogP contribution in [0.15, 0.2) is 0 Å². The lowest BCUT2D eigenvalue weighted by Gasteiger charge is -2.58. The standard InChI is InChI=1S/C25H49NO13/c1-10-33-22(31-8)23(34-11-2,35-12-3)26(19(21(29)30)17-18-20(27)28)24(36-13-4,37-14-5)25(32-9,38-15-6)39-16-7/h19,22H,10-18H2,1-9H3,(H,27,28)(H,29,30)/t19-,22?/m0/s1. The van der Waals surface area contributed by atoms with Crippen molar-refractivity contribution < 1.29 is 62.4 Å². The molecule has 0 saturated heterocycles. The van der Waals surface area contributed by atoms with Crippen LogP contribution in [0.3, 0.4) is 0 Å². The van der Waals surface area contributed by atoms with Gasteiger partial charge in [0.2, 0.25) is 6.29 Å². The first-order chi connectivity index (χ1) is 18.6. The zero-order chi connectivity index (χ0) is 30.1. The Bertz CT molecular complexity index is 675. The molecule has 0 radical (unpaired) electrons. The number of aliphatic carboxylic acids is 2. The summed E-state index contributed by atoms with van der Waals surface area (Å²) in [4.78, 5) is 25.7. The summed E-state index contributed by atoms with van der Waals surface area (Å²) >= 11 is 0. The normalized spacial score (nSPS) is 14.5. The van der Waals surface area contributed by atoms with Crippen molar-refractivity contribution in [2.45, 2.75) is 91.4 Å². The molecule has 0 amide bonds. The van der Waals surface area contributed by atoms with Crippen LogP contribution in [0.5, 0.6) is 0 Å². The molecule has 1 unspecified atom stereocenters. The number of hydrogen-bond acceptors (Lipinski definition) is 12. The van der Waals surface area contributed by atoms with Gasteiger partial charge in [-0.1, -0.05) is 0 Å². The SMILES string of the molecule is CCOC(OC)C(OCC)(OCC)N([C@@H](CCC(=O)O)C(=O)O)C(OCC)(OCC)C(OC)(OCC)OCC. The molecule has 39 heavy (non-hydrogen) atoms. The van der Waals surface area contributed by atoms with Crippen LogP contribution in [0.2, 0.25) is 0 Å². The second-order valence-electron chi connectivity index (χ2n) is 7.75.